The summed E-state index contributed by atoms with van der Waals surface area (Å²) in [6, 6.07) is 11.3. The number of alkyl halides is 3. The Morgan fingerprint density at radius 2 is 2.00 bits per heavy atom. The van der Waals surface area contributed by atoms with Crippen molar-refractivity contribution in [1.29, 1.82) is 0 Å². The summed E-state index contributed by atoms with van der Waals surface area (Å²) >= 11 is 0. The monoisotopic (exact) mass is 442 g/mol. The van der Waals surface area contributed by atoms with Crippen LogP contribution in [0, 0.1) is 0 Å². The molecular weight excluding hydrogens is 421 g/mol. The SMILES string of the molecule is O=C(CN1Cc2ccccc2C1=O)N1CCCC(c2cc3nc(C(F)(F)F)ccc3[nH]2)C1. The number of aromatic amines is 1. The molecular formula is C23H21F3N4O2. The summed E-state index contributed by atoms with van der Waals surface area (Å²) in [5.74, 6) is -0.281. The molecule has 1 unspecified atom stereocenters. The number of H-pyrrole nitrogens is 1. The Morgan fingerprint density at radius 1 is 1.19 bits per heavy atom. The van der Waals surface area contributed by atoms with Crippen LogP contribution in [-0.4, -0.2) is 51.2 Å². The van der Waals surface area contributed by atoms with Crippen LogP contribution in [0.25, 0.3) is 11.0 Å². The Kier molecular flexibility index (Phi) is 4.91. The molecule has 166 valence electrons. The Balaban J connectivity index is 1.28. The number of benzene rings is 1. The minimum atomic E-state index is -4.49. The van der Waals surface area contributed by atoms with Crippen LogP contribution in [0.2, 0.25) is 0 Å². The molecule has 5 rings (SSSR count). The number of amides is 2. The second kappa shape index (κ2) is 7.65. The van der Waals surface area contributed by atoms with Gasteiger partial charge in [0.25, 0.3) is 5.91 Å². The largest absolute Gasteiger partial charge is 0.433 e. The predicted octanol–water partition coefficient (Wildman–Crippen LogP) is 3.94. The Hall–Kier alpha value is -3.36. The Morgan fingerprint density at radius 3 is 2.78 bits per heavy atom. The second-order valence-corrected chi connectivity index (χ2v) is 8.35. The first-order chi connectivity index (χ1) is 15.3. The van der Waals surface area contributed by atoms with E-state index in [0.717, 1.165) is 30.2 Å². The Labute approximate surface area is 182 Å². The van der Waals surface area contributed by atoms with Gasteiger partial charge in [0.05, 0.1) is 11.0 Å². The molecule has 1 N–H and O–H groups in total. The summed E-state index contributed by atoms with van der Waals surface area (Å²) in [5, 5.41) is 0. The predicted molar refractivity (Wildman–Crippen MR) is 111 cm³/mol. The number of nitrogens with one attached hydrogen (secondary N) is 1. The van der Waals surface area contributed by atoms with Gasteiger partial charge in [-0.25, -0.2) is 4.98 Å². The van der Waals surface area contributed by atoms with Gasteiger partial charge in [0.15, 0.2) is 0 Å². The molecule has 1 fully saturated rings. The number of fused-ring (bicyclic) bond motifs is 2. The molecule has 1 saturated heterocycles. The summed E-state index contributed by atoms with van der Waals surface area (Å²) in [6.07, 6.45) is -2.90. The van der Waals surface area contributed by atoms with Gasteiger partial charge in [0.2, 0.25) is 5.91 Å². The fourth-order valence-corrected chi connectivity index (χ4v) is 4.57. The number of nitrogens with zero attached hydrogens (tertiary/aromatic N) is 3. The molecule has 0 bridgehead atoms. The lowest BCUT2D eigenvalue weighted by molar-refractivity contribution is -0.141. The lowest BCUT2D eigenvalue weighted by Crippen LogP contribution is -2.44. The van der Waals surface area contributed by atoms with Crippen molar-refractivity contribution in [2.24, 2.45) is 0 Å². The molecule has 4 heterocycles. The molecule has 0 radical (unpaired) electrons. The molecule has 32 heavy (non-hydrogen) atoms. The third-order valence-electron chi connectivity index (χ3n) is 6.22. The minimum Gasteiger partial charge on any atom is -0.357 e. The summed E-state index contributed by atoms with van der Waals surface area (Å²) in [5.41, 5.74) is 2.21. The van der Waals surface area contributed by atoms with Crippen LogP contribution >= 0.6 is 0 Å². The molecule has 0 saturated carbocycles. The number of rotatable bonds is 3. The summed E-state index contributed by atoms with van der Waals surface area (Å²) in [4.78, 5) is 35.7. The summed E-state index contributed by atoms with van der Waals surface area (Å²) in [6.45, 7) is 1.49. The molecule has 2 amide bonds. The van der Waals surface area contributed by atoms with E-state index in [0.29, 0.717) is 30.7 Å². The number of hydrogen-bond donors (Lipinski definition) is 1. The van der Waals surface area contributed by atoms with E-state index in [1.54, 1.807) is 21.9 Å². The van der Waals surface area contributed by atoms with Gasteiger partial charge in [-0.15, -0.1) is 0 Å². The number of pyridine rings is 1. The van der Waals surface area contributed by atoms with Crippen molar-refractivity contribution in [3.8, 4) is 0 Å². The topological polar surface area (TPSA) is 69.3 Å². The van der Waals surface area contributed by atoms with Gasteiger partial charge in [-0.05, 0) is 42.7 Å². The van der Waals surface area contributed by atoms with Crippen molar-refractivity contribution in [1.82, 2.24) is 19.8 Å². The number of halogens is 3. The number of carbonyl (C=O) groups excluding carboxylic acids is 2. The van der Waals surface area contributed by atoms with Crippen LogP contribution in [0.4, 0.5) is 13.2 Å². The van der Waals surface area contributed by atoms with E-state index in [-0.39, 0.29) is 29.8 Å². The number of aromatic nitrogens is 2. The number of hydrogen-bond acceptors (Lipinski definition) is 3. The van der Waals surface area contributed by atoms with E-state index in [2.05, 4.69) is 9.97 Å². The molecule has 2 aromatic heterocycles. The van der Waals surface area contributed by atoms with Crippen molar-refractivity contribution in [3.63, 3.8) is 0 Å². The van der Waals surface area contributed by atoms with Crippen LogP contribution in [0.1, 0.15) is 46.1 Å². The molecule has 6 nitrogen and oxygen atoms in total. The molecule has 3 aromatic rings. The maximum Gasteiger partial charge on any atom is 0.433 e. The highest BCUT2D eigenvalue weighted by Crippen LogP contribution is 2.32. The molecule has 0 aliphatic carbocycles. The van der Waals surface area contributed by atoms with Gasteiger partial charge in [0.1, 0.15) is 12.2 Å². The number of carbonyl (C=O) groups is 2. The third kappa shape index (κ3) is 3.72. The highest BCUT2D eigenvalue weighted by molar-refractivity contribution is 6.00. The van der Waals surface area contributed by atoms with E-state index in [4.69, 9.17) is 0 Å². The van der Waals surface area contributed by atoms with Crippen LogP contribution < -0.4 is 0 Å². The molecule has 0 spiro atoms. The molecule has 9 heteroatoms. The molecule has 2 aliphatic heterocycles. The van der Waals surface area contributed by atoms with E-state index in [1.165, 1.54) is 6.07 Å². The maximum absolute atomic E-state index is 13.0. The van der Waals surface area contributed by atoms with Crippen molar-refractivity contribution in [2.75, 3.05) is 19.6 Å². The average Bonchev–Trinajstić information content (AvgIpc) is 3.34. The van der Waals surface area contributed by atoms with Gasteiger partial charge in [-0.1, -0.05) is 18.2 Å². The summed E-state index contributed by atoms with van der Waals surface area (Å²) < 4.78 is 38.9. The maximum atomic E-state index is 13.0. The fraction of sp³-hybridized carbons (Fsp3) is 0.348. The highest BCUT2D eigenvalue weighted by Gasteiger charge is 2.34. The quantitative estimate of drug-likeness (QED) is 0.668. The van der Waals surface area contributed by atoms with E-state index in [9.17, 15) is 22.8 Å². The van der Waals surface area contributed by atoms with Crippen LogP contribution in [0.5, 0.6) is 0 Å². The number of likely N-dealkylation sites (tertiary alicyclic amines) is 1. The van der Waals surface area contributed by atoms with E-state index < -0.39 is 11.9 Å². The van der Waals surface area contributed by atoms with Crippen molar-refractivity contribution in [3.05, 3.63) is 65.0 Å². The van der Waals surface area contributed by atoms with Crippen molar-refractivity contribution in [2.45, 2.75) is 31.5 Å². The molecule has 1 aromatic carbocycles. The lowest BCUT2D eigenvalue weighted by atomic mass is 9.95. The van der Waals surface area contributed by atoms with Gasteiger partial charge in [0, 0.05) is 36.8 Å². The van der Waals surface area contributed by atoms with Crippen LogP contribution in [0.3, 0.4) is 0 Å². The van der Waals surface area contributed by atoms with E-state index in [1.807, 2.05) is 18.2 Å². The zero-order valence-electron chi connectivity index (χ0n) is 17.2. The fourth-order valence-electron chi connectivity index (χ4n) is 4.57. The normalized spacial score (nSPS) is 19.0. The summed E-state index contributed by atoms with van der Waals surface area (Å²) in [7, 11) is 0. The smallest absolute Gasteiger partial charge is 0.357 e. The van der Waals surface area contributed by atoms with Crippen molar-refractivity contribution < 1.29 is 22.8 Å². The first-order valence-electron chi connectivity index (χ1n) is 10.5. The third-order valence-corrected chi connectivity index (χ3v) is 6.22. The van der Waals surface area contributed by atoms with Crippen LogP contribution in [-0.2, 0) is 17.5 Å². The van der Waals surface area contributed by atoms with Gasteiger partial charge in [-0.3, -0.25) is 9.59 Å². The van der Waals surface area contributed by atoms with Crippen molar-refractivity contribution >= 4 is 22.8 Å². The second-order valence-electron chi connectivity index (χ2n) is 8.35. The zero-order chi connectivity index (χ0) is 22.5. The van der Waals surface area contributed by atoms with Gasteiger partial charge < -0.3 is 14.8 Å². The van der Waals surface area contributed by atoms with E-state index >= 15 is 0 Å². The molecule has 1 atom stereocenters. The Bertz CT molecular complexity index is 1200. The zero-order valence-corrected chi connectivity index (χ0v) is 17.2. The van der Waals surface area contributed by atoms with Gasteiger partial charge in [-0.2, -0.15) is 13.2 Å². The minimum absolute atomic E-state index is 0.0173. The highest BCUT2D eigenvalue weighted by atomic mass is 19.4. The first kappa shape index (κ1) is 20.5. The average molecular weight is 442 g/mol. The first-order valence-corrected chi connectivity index (χ1v) is 10.5. The standard InChI is InChI=1S/C23H21F3N4O2/c24-23(25,26)20-8-7-17-19(28-20)10-18(27-17)15-5-3-9-29(12-15)21(31)13-30-11-14-4-1-2-6-16(14)22(30)32/h1-2,4,6-8,10,15,27H,3,5,9,11-13H2. The number of piperidine rings is 1. The van der Waals surface area contributed by atoms with Crippen LogP contribution in [0.15, 0.2) is 42.5 Å². The lowest BCUT2D eigenvalue weighted by Gasteiger charge is -2.33. The molecule has 2 aliphatic rings. The van der Waals surface area contributed by atoms with Gasteiger partial charge >= 0.3 is 6.18 Å².